The molecular weight excluding hydrogens is 294 g/mol. The molecule has 0 atom stereocenters. The van der Waals surface area contributed by atoms with Crippen LogP contribution in [-0.4, -0.2) is 11.0 Å². The zero-order valence-corrected chi connectivity index (χ0v) is 11.4. The number of aryl methyl sites for hydroxylation is 1. The van der Waals surface area contributed by atoms with E-state index in [0.29, 0.717) is 11.3 Å². The van der Waals surface area contributed by atoms with Crippen LogP contribution >= 0.6 is 15.9 Å². The molecule has 0 unspecified atom stereocenters. The first-order valence-corrected chi connectivity index (χ1v) is 6.22. The van der Waals surface area contributed by atoms with Crippen molar-refractivity contribution in [2.45, 2.75) is 6.92 Å². The summed E-state index contributed by atoms with van der Waals surface area (Å²) in [6.45, 7) is 1.92. The molecule has 0 fully saturated rings. The van der Waals surface area contributed by atoms with E-state index in [0.717, 1.165) is 10.0 Å². The van der Waals surface area contributed by atoms with Crippen molar-refractivity contribution >= 4 is 27.5 Å². The Morgan fingerprint density at radius 2 is 1.94 bits per heavy atom. The third kappa shape index (κ3) is 2.90. The fraction of sp³-hybridized carbons (Fsp3) is 0.0714. The smallest absolute Gasteiger partial charge is 0.255 e. The fourth-order valence-electron chi connectivity index (χ4n) is 1.64. The van der Waals surface area contributed by atoms with Gasteiger partial charge in [0.05, 0.1) is 5.69 Å². The predicted octanol–water partition coefficient (Wildman–Crippen LogP) is 3.72. The van der Waals surface area contributed by atoms with E-state index < -0.39 is 0 Å². The summed E-state index contributed by atoms with van der Waals surface area (Å²) in [5, 5.41) is 12.3. The molecule has 0 bridgehead atoms. The quantitative estimate of drug-likeness (QED) is 0.831. The van der Waals surface area contributed by atoms with E-state index in [1.54, 1.807) is 30.3 Å². The van der Waals surface area contributed by atoms with Crippen LogP contribution in [0.15, 0.2) is 46.9 Å². The molecule has 0 aliphatic rings. The van der Waals surface area contributed by atoms with Crippen molar-refractivity contribution in [2.75, 3.05) is 5.32 Å². The number of benzene rings is 2. The van der Waals surface area contributed by atoms with E-state index in [1.165, 1.54) is 6.07 Å². The van der Waals surface area contributed by atoms with Crippen LogP contribution in [0.25, 0.3) is 0 Å². The van der Waals surface area contributed by atoms with Crippen molar-refractivity contribution in [3.63, 3.8) is 0 Å². The fourth-order valence-corrected chi connectivity index (χ4v) is 2.25. The molecule has 0 heterocycles. The lowest BCUT2D eigenvalue weighted by Crippen LogP contribution is -2.12. The monoisotopic (exact) mass is 305 g/mol. The molecule has 1 amide bonds. The van der Waals surface area contributed by atoms with Crippen molar-refractivity contribution in [1.82, 2.24) is 0 Å². The van der Waals surface area contributed by atoms with Gasteiger partial charge in [0.25, 0.3) is 5.91 Å². The molecule has 3 nitrogen and oxygen atoms in total. The molecule has 0 spiro atoms. The molecule has 2 N–H and O–H groups in total. The second-order valence-electron chi connectivity index (χ2n) is 3.99. The van der Waals surface area contributed by atoms with Gasteiger partial charge in [-0.3, -0.25) is 4.79 Å². The molecule has 92 valence electrons. The first kappa shape index (κ1) is 12.6. The van der Waals surface area contributed by atoms with E-state index in [4.69, 9.17) is 0 Å². The van der Waals surface area contributed by atoms with Crippen LogP contribution in [-0.2, 0) is 0 Å². The number of para-hydroxylation sites is 2. The number of nitrogens with one attached hydrogen (secondary N) is 1. The lowest BCUT2D eigenvalue weighted by molar-refractivity contribution is 0.102. The maximum atomic E-state index is 12.0. The van der Waals surface area contributed by atoms with Gasteiger partial charge in [-0.15, -0.1) is 0 Å². The highest BCUT2D eigenvalue weighted by atomic mass is 79.9. The van der Waals surface area contributed by atoms with Crippen molar-refractivity contribution < 1.29 is 9.90 Å². The number of phenolic OH excluding ortho intramolecular Hbond substituents is 1. The molecule has 0 radical (unpaired) electrons. The van der Waals surface area contributed by atoms with Crippen molar-refractivity contribution in [3.8, 4) is 5.75 Å². The van der Waals surface area contributed by atoms with Crippen LogP contribution in [0.5, 0.6) is 5.75 Å². The third-order valence-corrected chi connectivity index (χ3v) is 2.91. The van der Waals surface area contributed by atoms with Crippen LogP contribution in [0.1, 0.15) is 15.9 Å². The molecule has 2 aromatic carbocycles. The Hall–Kier alpha value is -1.81. The number of carbonyl (C=O) groups excluding carboxylic acids is 1. The first-order valence-electron chi connectivity index (χ1n) is 5.43. The predicted molar refractivity (Wildman–Crippen MR) is 74.9 cm³/mol. The van der Waals surface area contributed by atoms with Crippen molar-refractivity contribution in [3.05, 3.63) is 58.1 Å². The van der Waals surface area contributed by atoms with Crippen LogP contribution in [0.4, 0.5) is 5.69 Å². The molecule has 0 saturated carbocycles. The van der Waals surface area contributed by atoms with Gasteiger partial charge in [0, 0.05) is 10.0 Å². The minimum Gasteiger partial charge on any atom is -0.506 e. The van der Waals surface area contributed by atoms with Gasteiger partial charge in [-0.2, -0.15) is 0 Å². The van der Waals surface area contributed by atoms with E-state index in [9.17, 15) is 9.90 Å². The molecule has 18 heavy (non-hydrogen) atoms. The summed E-state index contributed by atoms with van der Waals surface area (Å²) >= 11 is 3.35. The van der Waals surface area contributed by atoms with Crippen LogP contribution in [0.3, 0.4) is 0 Å². The van der Waals surface area contributed by atoms with E-state index in [-0.39, 0.29) is 11.7 Å². The molecule has 0 aliphatic heterocycles. The number of hydrogen-bond donors (Lipinski definition) is 2. The normalized spacial score (nSPS) is 10.1. The van der Waals surface area contributed by atoms with Crippen LogP contribution in [0.2, 0.25) is 0 Å². The van der Waals surface area contributed by atoms with Crippen LogP contribution in [0, 0.1) is 6.92 Å². The Labute approximate surface area is 114 Å². The summed E-state index contributed by atoms with van der Waals surface area (Å²) in [5.41, 5.74) is 1.94. The van der Waals surface area contributed by atoms with E-state index in [2.05, 4.69) is 21.2 Å². The van der Waals surface area contributed by atoms with Crippen LogP contribution < -0.4 is 5.32 Å². The number of aromatic hydroxyl groups is 1. The highest BCUT2D eigenvalue weighted by Crippen LogP contribution is 2.23. The zero-order valence-electron chi connectivity index (χ0n) is 9.77. The van der Waals surface area contributed by atoms with Gasteiger partial charge in [0.2, 0.25) is 0 Å². The number of hydrogen-bond acceptors (Lipinski definition) is 2. The Morgan fingerprint density at radius 3 is 2.61 bits per heavy atom. The summed E-state index contributed by atoms with van der Waals surface area (Å²) in [6.07, 6.45) is 0. The van der Waals surface area contributed by atoms with Gasteiger partial charge in [-0.1, -0.05) is 28.1 Å². The standard InChI is InChI=1S/C14H12BrNO2/c1-9-6-10(8-11(15)7-9)14(18)16-12-4-2-3-5-13(12)17/h2-8,17H,1H3,(H,16,18). The summed E-state index contributed by atoms with van der Waals surface area (Å²) in [4.78, 5) is 12.0. The Kier molecular flexibility index (Phi) is 3.67. The first-order chi connectivity index (χ1) is 8.56. The second kappa shape index (κ2) is 5.23. The summed E-state index contributed by atoms with van der Waals surface area (Å²) in [5.74, 6) is -0.196. The maximum absolute atomic E-state index is 12.0. The number of rotatable bonds is 2. The van der Waals surface area contributed by atoms with E-state index >= 15 is 0 Å². The number of amides is 1. The van der Waals surface area contributed by atoms with Gasteiger partial charge in [-0.05, 0) is 42.8 Å². The number of anilines is 1. The summed E-state index contributed by atoms with van der Waals surface area (Å²) < 4.78 is 0.852. The Bertz CT molecular complexity index is 576. The van der Waals surface area contributed by atoms with Gasteiger partial charge >= 0.3 is 0 Å². The van der Waals surface area contributed by atoms with Gasteiger partial charge in [-0.25, -0.2) is 0 Å². The van der Waals surface area contributed by atoms with Crippen molar-refractivity contribution in [1.29, 1.82) is 0 Å². The molecular formula is C14H12BrNO2. The molecule has 2 aromatic rings. The highest BCUT2D eigenvalue weighted by Gasteiger charge is 2.09. The average Bonchev–Trinajstić information content (AvgIpc) is 2.31. The van der Waals surface area contributed by atoms with Crippen molar-refractivity contribution in [2.24, 2.45) is 0 Å². The minimum atomic E-state index is -0.249. The number of halogens is 1. The van der Waals surface area contributed by atoms with Gasteiger partial charge < -0.3 is 10.4 Å². The molecule has 0 aromatic heterocycles. The lowest BCUT2D eigenvalue weighted by Gasteiger charge is -2.08. The molecule has 0 aliphatic carbocycles. The summed E-state index contributed by atoms with van der Waals surface area (Å²) in [7, 11) is 0. The number of phenols is 1. The SMILES string of the molecule is Cc1cc(Br)cc(C(=O)Nc2ccccc2O)c1. The third-order valence-electron chi connectivity index (χ3n) is 2.46. The van der Waals surface area contributed by atoms with Gasteiger partial charge in [0.1, 0.15) is 5.75 Å². The molecule has 0 saturated heterocycles. The summed E-state index contributed by atoms with van der Waals surface area (Å²) in [6, 6.07) is 12.1. The zero-order chi connectivity index (χ0) is 13.1. The topological polar surface area (TPSA) is 49.3 Å². The van der Waals surface area contributed by atoms with E-state index in [1.807, 2.05) is 13.0 Å². The second-order valence-corrected chi connectivity index (χ2v) is 4.90. The highest BCUT2D eigenvalue weighted by molar-refractivity contribution is 9.10. The Morgan fingerprint density at radius 1 is 1.22 bits per heavy atom. The minimum absolute atomic E-state index is 0.0533. The Balaban J connectivity index is 2.25. The average molecular weight is 306 g/mol. The molecule has 2 rings (SSSR count). The largest absolute Gasteiger partial charge is 0.506 e. The lowest BCUT2D eigenvalue weighted by atomic mass is 10.1. The molecule has 4 heteroatoms. The van der Waals surface area contributed by atoms with Gasteiger partial charge in [0.15, 0.2) is 0 Å². The number of carbonyl (C=O) groups is 1. The maximum Gasteiger partial charge on any atom is 0.255 e.